The van der Waals surface area contributed by atoms with Gasteiger partial charge in [-0.2, -0.15) is 0 Å². The number of likely N-dealkylation sites (N-methyl/N-ethyl adjacent to an activating group) is 1. The number of pyridine rings is 1. The highest BCUT2D eigenvalue weighted by Crippen LogP contribution is 2.12. The molecule has 1 heterocycles. The molecule has 1 aromatic heterocycles. The standard InChI is InChI=1S/C16H28N4O/c1-14(6-4-8-17)16(21)20(11-10-19(2)3)13-15-7-5-9-18-12-15/h5,7,9,12,14H,4,6,8,10-11,13,17H2,1-3H3. The average Bonchev–Trinajstić information content (AvgIpc) is 2.49. The fourth-order valence-electron chi connectivity index (χ4n) is 2.16. The molecule has 0 aliphatic heterocycles. The lowest BCUT2D eigenvalue weighted by molar-refractivity contribution is -0.136. The molecule has 118 valence electrons. The molecule has 1 rings (SSSR count). The summed E-state index contributed by atoms with van der Waals surface area (Å²) in [5, 5.41) is 0. The van der Waals surface area contributed by atoms with Crippen LogP contribution >= 0.6 is 0 Å². The van der Waals surface area contributed by atoms with Gasteiger partial charge in [-0.05, 0) is 45.1 Å². The molecular formula is C16H28N4O. The van der Waals surface area contributed by atoms with Crippen molar-refractivity contribution in [1.29, 1.82) is 0 Å². The van der Waals surface area contributed by atoms with Crippen LogP contribution in [0.2, 0.25) is 0 Å². The average molecular weight is 292 g/mol. The van der Waals surface area contributed by atoms with Crippen molar-refractivity contribution in [2.75, 3.05) is 33.7 Å². The number of amides is 1. The van der Waals surface area contributed by atoms with Gasteiger partial charge in [0.1, 0.15) is 0 Å². The first-order valence-corrected chi connectivity index (χ1v) is 7.57. The molecule has 1 unspecified atom stereocenters. The van der Waals surface area contributed by atoms with Crippen molar-refractivity contribution in [3.05, 3.63) is 30.1 Å². The third-order valence-electron chi connectivity index (χ3n) is 3.49. The molecule has 1 amide bonds. The van der Waals surface area contributed by atoms with E-state index in [0.29, 0.717) is 13.1 Å². The van der Waals surface area contributed by atoms with Gasteiger partial charge in [0.2, 0.25) is 5.91 Å². The van der Waals surface area contributed by atoms with Crippen molar-refractivity contribution in [2.24, 2.45) is 11.7 Å². The Bertz CT molecular complexity index is 408. The Hall–Kier alpha value is -1.46. The Kier molecular flexibility index (Phi) is 7.93. The molecule has 0 bridgehead atoms. The predicted molar refractivity (Wildman–Crippen MR) is 85.7 cm³/mol. The molecule has 1 atom stereocenters. The predicted octanol–water partition coefficient (Wildman–Crippen LogP) is 1.35. The minimum atomic E-state index is 0.0207. The van der Waals surface area contributed by atoms with Gasteiger partial charge < -0.3 is 15.5 Å². The fraction of sp³-hybridized carbons (Fsp3) is 0.625. The quantitative estimate of drug-likeness (QED) is 0.746. The third kappa shape index (κ3) is 6.69. The number of nitrogens with zero attached hydrogens (tertiary/aromatic N) is 3. The molecule has 0 saturated carbocycles. The third-order valence-corrected chi connectivity index (χ3v) is 3.49. The van der Waals surface area contributed by atoms with Crippen LogP contribution in [0.4, 0.5) is 0 Å². The summed E-state index contributed by atoms with van der Waals surface area (Å²) in [6.45, 7) is 4.83. The highest BCUT2D eigenvalue weighted by molar-refractivity contribution is 5.78. The molecule has 5 heteroatoms. The first-order valence-electron chi connectivity index (χ1n) is 7.57. The Labute approximate surface area is 128 Å². The first kappa shape index (κ1) is 17.6. The zero-order chi connectivity index (χ0) is 15.7. The van der Waals surface area contributed by atoms with Crippen LogP contribution in [0.15, 0.2) is 24.5 Å². The van der Waals surface area contributed by atoms with Gasteiger partial charge in [-0.15, -0.1) is 0 Å². The summed E-state index contributed by atoms with van der Waals surface area (Å²) in [5.74, 6) is 0.224. The normalized spacial score (nSPS) is 12.4. The maximum Gasteiger partial charge on any atom is 0.225 e. The van der Waals surface area contributed by atoms with E-state index in [0.717, 1.165) is 31.5 Å². The Morgan fingerprint density at radius 1 is 1.38 bits per heavy atom. The van der Waals surface area contributed by atoms with Gasteiger partial charge >= 0.3 is 0 Å². The van der Waals surface area contributed by atoms with Crippen LogP contribution in [0.25, 0.3) is 0 Å². The van der Waals surface area contributed by atoms with Gasteiger partial charge in [-0.1, -0.05) is 13.0 Å². The van der Waals surface area contributed by atoms with Gasteiger partial charge in [-0.25, -0.2) is 0 Å². The van der Waals surface area contributed by atoms with Crippen molar-refractivity contribution in [3.8, 4) is 0 Å². The molecule has 0 aliphatic rings. The zero-order valence-corrected chi connectivity index (χ0v) is 13.5. The number of aromatic nitrogens is 1. The summed E-state index contributed by atoms with van der Waals surface area (Å²) in [5.41, 5.74) is 6.60. The molecular weight excluding hydrogens is 264 g/mol. The van der Waals surface area contributed by atoms with Gasteiger partial charge in [0.25, 0.3) is 0 Å². The maximum atomic E-state index is 12.6. The van der Waals surface area contributed by atoms with Crippen molar-refractivity contribution < 1.29 is 4.79 Å². The molecule has 0 aliphatic carbocycles. The fourth-order valence-corrected chi connectivity index (χ4v) is 2.16. The lowest BCUT2D eigenvalue weighted by Crippen LogP contribution is -2.39. The highest BCUT2D eigenvalue weighted by Gasteiger charge is 2.20. The minimum absolute atomic E-state index is 0.0207. The largest absolute Gasteiger partial charge is 0.337 e. The Morgan fingerprint density at radius 3 is 2.71 bits per heavy atom. The second-order valence-corrected chi connectivity index (χ2v) is 5.76. The van der Waals surface area contributed by atoms with Gasteiger partial charge in [0.15, 0.2) is 0 Å². The second-order valence-electron chi connectivity index (χ2n) is 5.76. The molecule has 5 nitrogen and oxygen atoms in total. The summed E-state index contributed by atoms with van der Waals surface area (Å²) in [6, 6.07) is 3.91. The molecule has 0 saturated heterocycles. The number of rotatable bonds is 9. The monoisotopic (exact) mass is 292 g/mol. The summed E-state index contributed by atoms with van der Waals surface area (Å²) < 4.78 is 0. The van der Waals surface area contributed by atoms with E-state index in [1.54, 1.807) is 6.20 Å². The smallest absolute Gasteiger partial charge is 0.225 e. The molecule has 21 heavy (non-hydrogen) atoms. The molecule has 1 aromatic rings. The lowest BCUT2D eigenvalue weighted by Gasteiger charge is -2.27. The van der Waals surface area contributed by atoms with E-state index in [4.69, 9.17) is 5.73 Å². The summed E-state index contributed by atoms with van der Waals surface area (Å²) >= 11 is 0. The van der Waals surface area contributed by atoms with Crippen LogP contribution in [0, 0.1) is 5.92 Å². The maximum absolute atomic E-state index is 12.6. The van der Waals surface area contributed by atoms with Gasteiger partial charge in [0.05, 0.1) is 0 Å². The van der Waals surface area contributed by atoms with Gasteiger partial charge in [0, 0.05) is 37.9 Å². The van der Waals surface area contributed by atoms with E-state index in [1.807, 2.05) is 44.2 Å². The summed E-state index contributed by atoms with van der Waals surface area (Å²) in [6.07, 6.45) is 5.31. The van der Waals surface area contributed by atoms with Crippen LogP contribution in [-0.2, 0) is 11.3 Å². The van der Waals surface area contributed by atoms with Crippen LogP contribution in [-0.4, -0.2) is 54.4 Å². The van der Waals surface area contributed by atoms with E-state index in [9.17, 15) is 4.79 Å². The number of nitrogens with two attached hydrogens (primary N) is 1. The SMILES string of the molecule is CC(CCCN)C(=O)N(CCN(C)C)Cc1cccnc1. The molecule has 0 spiro atoms. The van der Waals surface area contributed by atoms with Crippen molar-refractivity contribution in [3.63, 3.8) is 0 Å². The Balaban J connectivity index is 2.68. The number of carbonyl (C=O) groups excluding carboxylic acids is 1. The van der Waals surface area contributed by atoms with Crippen molar-refractivity contribution in [2.45, 2.75) is 26.3 Å². The van der Waals surface area contributed by atoms with Crippen LogP contribution in [0.5, 0.6) is 0 Å². The van der Waals surface area contributed by atoms with Crippen molar-refractivity contribution in [1.82, 2.24) is 14.8 Å². The molecule has 0 fully saturated rings. The van der Waals surface area contributed by atoms with Gasteiger partial charge in [-0.3, -0.25) is 9.78 Å². The molecule has 2 N–H and O–H groups in total. The van der Waals surface area contributed by atoms with E-state index >= 15 is 0 Å². The summed E-state index contributed by atoms with van der Waals surface area (Å²) in [4.78, 5) is 20.8. The van der Waals surface area contributed by atoms with Crippen molar-refractivity contribution >= 4 is 5.91 Å². The number of hydrogen-bond donors (Lipinski definition) is 1. The molecule has 0 radical (unpaired) electrons. The first-order chi connectivity index (χ1) is 10.0. The highest BCUT2D eigenvalue weighted by atomic mass is 16.2. The van der Waals surface area contributed by atoms with Crippen LogP contribution < -0.4 is 5.73 Å². The van der Waals surface area contributed by atoms with E-state index in [2.05, 4.69) is 9.88 Å². The summed E-state index contributed by atoms with van der Waals surface area (Å²) in [7, 11) is 4.04. The van der Waals surface area contributed by atoms with Crippen LogP contribution in [0.1, 0.15) is 25.3 Å². The van der Waals surface area contributed by atoms with E-state index in [1.165, 1.54) is 0 Å². The minimum Gasteiger partial charge on any atom is -0.337 e. The second kappa shape index (κ2) is 9.47. The number of carbonyl (C=O) groups is 1. The number of hydrogen-bond acceptors (Lipinski definition) is 4. The Morgan fingerprint density at radius 2 is 2.14 bits per heavy atom. The van der Waals surface area contributed by atoms with E-state index in [-0.39, 0.29) is 11.8 Å². The topological polar surface area (TPSA) is 62.5 Å². The zero-order valence-electron chi connectivity index (χ0n) is 13.5. The molecule has 0 aromatic carbocycles. The van der Waals surface area contributed by atoms with E-state index < -0.39 is 0 Å². The van der Waals surface area contributed by atoms with Crippen LogP contribution in [0.3, 0.4) is 0 Å². The lowest BCUT2D eigenvalue weighted by atomic mass is 10.0.